The van der Waals surface area contributed by atoms with E-state index in [-0.39, 0.29) is 0 Å². The maximum Gasteiger partial charge on any atom is 0.257 e. The molecule has 1 amide bonds. The first-order chi connectivity index (χ1) is 14.7. The molecular formula is C21H18Cl2N6O2. The molecule has 0 spiro atoms. The van der Waals surface area contributed by atoms with Crippen LogP contribution in [-0.4, -0.2) is 30.8 Å². The van der Waals surface area contributed by atoms with Gasteiger partial charge in [-0.15, -0.1) is 0 Å². The van der Waals surface area contributed by atoms with Crippen molar-refractivity contribution in [1.82, 2.24) is 19.7 Å². The van der Waals surface area contributed by atoms with E-state index in [1.807, 2.05) is 13.8 Å². The minimum atomic E-state index is -1.43. The Morgan fingerprint density at radius 2 is 1.84 bits per heavy atom. The van der Waals surface area contributed by atoms with Crippen molar-refractivity contribution in [1.29, 1.82) is 0 Å². The van der Waals surface area contributed by atoms with Crippen molar-refractivity contribution in [2.45, 2.75) is 20.0 Å². The highest BCUT2D eigenvalue weighted by Gasteiger charge is 2.20. The number of nitrogens with zero attached hydrogens (tertiary/aromatic N) is 4. The number of benzene rings is 2. The highest BCUT2D eigenvalue weighted by Crippen LogP contribution is 2.28. The molecule has 0 aliphatic heterocycles. The summed E-state index contributed by atoms with van der Waals surface area (Å²) in [4.78, 5) is 20.8. The number of fused-ring (bicyclic) bond motifs is 1. The zero-order valence-corrected chi connectivity index (χ0v) is 18.1. The lowest BCUT2D eigenvalue weighted by Crippen LogP contribution is -2.21. The lowest BCUT2D eigenvalue weighted by Gasteiger charge is -2.14. The molecule has 31 heavy (non-hydrogen) atoms. The molecule has 0 aliphatic rings. The summed E-state index contributed by atoms with van der Waals surface area (Å²) in [6.45, 7) is 3.72. The Morgan fingerprint density at radius 1 is 1.13 bits per heavy atom. The monoisotopic (exact) mass is 456 g/mol. The van der Waals surface area contributed by atoms with E-state index in [1.165, 1.54) is 24.5 Å². The van der Waals surface area contributed by atoms with Crippen LogP contribution in [0.2, 0.25) is 10.0 Å². The number of rotatable bonds is 4. The molecule has 4 rings (SSSR count). The van der Waals surface area contributed by atoms with Gasteiger partial charge >= 0.3 is 0 Å². The molecule has 158 valence electrons. The Balaban J connectivity index is 1.62. The van der Waals surface area contributed by atoms with Crippen LogP contribution in [-0.2, 0) is 4.79 Å². The van der Waals surface area contributed by atoms with Crippen LogP contribution in [0, 0.1) is 13.8 Å². The number of anilines is 2. The molecule has 0 saturated carbocycles. The highest BCUT2D eigenvalue weighted by atomic mass is 35.5. The summed E-state index contributed by atoms with van der Waals surface area (Å²) < 4.78 is 1.68. The second-order valence-electron chi connectivity index (χ2n) is 7.05. The lowest BCUT2D eigenvalue weighted by molar-refractivity contribution is -0.124. The van der Waals surface area contributed by atoms with Crippen molar-refractivity contribution in [3.63, 3.8) is 0 Å². The van der Waals surface area contributed by atoms with Gasteiger partial charge in [0.15, 0.2) is 11.9 Å². The van der Waals surface area contributed by atoms with Crippen molar-refractivity contribution < 1.29 is 9.90 Å². The summed E-state index contributed by atoms with van der Waals surface area (Å²) in [7, 11) is 0. The van der Waals surface area contributed by atoms with Crippen LogP contribution >= 0.6 is 23.2 Å². The summed E-state index contributed by atoms with van der Waals surface area (Å²) >= 11 is 11.9. The summed E-state index contributed by atoms with van der Waals surface area (Å²) in [5.74, 6) is -0.283. The van der Waals surface area contributed by atoms with Gasteiger partial charge in [0.05, 0.1) is 11.4 Å². The molecule has 8 nitrogen and oxygen atoms in total. The second-order valence-corrected chi connectivity index (χ2v) is 7.92. The molecule has 0 aliphatic carbocycles. The number of aliphatic hydroxyl groups excluding tert-OH is 1. The normalized spacial score (nSPS) is 12.2. The number of halogens is 2. The van der Waals surface area contributed by atoms with E-state index >= 15 is 0 Å². The van der Waals surface area contributed by atoms with Crippen LogP contribution in [0.15, 0.2) is 42.7 Å². The molecule has 0 bridgehead atoms. The third kappa shape index (κ3) is 4.05. The van der Waals surface area contributed by atoms with Crippen LogP contribution < -0.4 is 11.1 Å². The maximum absolute atomic E-state index is 12.5. The first-order valence-corrected chi connectivity index (χ1v) is 10.0. The van der Waals surface area contributed by atoms with Crippen LogP contribution in [0.25, 0.3) is 16.7 Å². The maximum atomic E-state index is 12.5. The molecule has 0 saturated heterocycles. The molecule has 1 atom stereocenters. The minimum absolute atomic E-state index is 0.303. The summed E-state index contributed by atoms with van der Waals surface area (Å²) in [5.41, 5.74) is 10.5. The Labute approximate surface area is 187 Å². The fourth-order valence-corrected chi connectivity index (χ4v) is 3.90. The topological polar surface area (TPSA) is 119 Å². The van der Waals surface area contributed by atoms with E-state index in [4.69, 9.17) is 28.9 Å². The van der Waals surface area contributed by atoms with E-state index in [9.17, 15) is 9.90 Å². The number of nitrogens with one attached hydrogen (secondary N) is 1. The standard InChI is InChI=1S/C21H18Cl2N6O2/c1-10-5-15(27-21(31)19(30)12-6-13(22)8-14(23)7-12)3-4-16(10)29-18-17(11(2)28-29)25-9-26-20(18)24/h3-9,19,30H,1-2H3,(H,27,31)(H2,24,25,26)/t19-/m1/s1. The number of carbonyl (C=O) groups excluding carboxylic acids is 1. The van der Waals surface area contributed by atoms with Gasteiger partial charge in [-0.3, -0.25) is 4.79 Å². The van der Waals surface area contributed by atoms with Gasteiger partial charge in [-0.05, 0) is 61.4 Å². The lowest BCUT2D eigenvalue weighted by atomic mass is 10.1. The molecule has 4 N–H and O–H groups in total. The average molecular weight is 457 g/mol. The highest BCUT2D eigenvalue weighted by molar-refractivity contribution is 6.34. The first-order valence-electron chi connectivity index (χ1n) is 9.26. The molecule has 2 aromatic heterocycles. The van der Waals surface area contributed by atoms with Crippen molar-refractivity contribution >= 4 is 51.6 Å². The van der Waals surface area contributed by atoms with Crippen molar-refractivity contribution in [3.8, 4) is 5.69 Å². The van der Waals surface area contributed by atoms with Gasteiger partial charge in [0, 0.05) is 15.7 Å². The van der Waals surface area contributed by atoms with E-state index in [0.717, 1.165) is 16.9 Å². The van der Waals surface area contributed by atoms with Gasteiger partial charge in [0.1, 0.15) is 17.4 Å². The largest absolute Gasteiger partial charge is 0.382 e. The Kier molecular flexibility index (Phi) is 5.53. The van der Waals surface area contributed by atoms with Crippen molar-refractivity contribution in [2.24, 2.45) is 0 Å². The zero-order valence-electron chi connectivity index (χ0n) is 16.6. The van der Waals surface area contributed by atoms with Gasteiger partial charge in [-0.1, -0.05) is 23.2 Å². The van der Waals surface area contributed by atoms with E-state index in [2.05, 4.69) is 20.4 Å². The number of aryl methyl sites for hydroxylation is 2. The van der Waals surface area contributed by atoms with Crippen LogP contribution in [0.1, 0.15) is 22.9 Å². The van der Waals surface area contributed by atoms with Gasteiger partial charge in [-0.2, -0.15) is 5.10 Å². The summed E-state index contributed by atoms with van der Waals surface area (Å²) in [6.07, 6.45) is -0.0218. The molecular weight excluding hydrogens is 439 g/mol. The van der Waals surface area contributed by atoms with E-state index < -0.39 is 12.0 Å². The third-order valence-electron chi connectivity index (χ3n) is 4.80. The number of nitrogen functional groups attached to an aromatic ring is 1. The summed E-state index contributed by atoms with van der Waals surface area (Å²) in [6, 6.07) is 9.78. The Morgan fingerprint density at radius 3 is 2.52 bits per heavy atom. The van der Waals surface area contributed by atoms with Crippen LogP contribution in [0.5, 0.6) is 0 Å². The Bertz CT molecular complexity index is 1300. The molecule has 0 unspecified atom stereocenters. The molecule has 10 heteroatoms. The predicted octanol–water partition coefficient (Wildman–Crippen LogP) is 3.99. The fourth-order valence-electron chi connectivity index (χ4n) is 3.35. The SMILES string of the molecule is Cc1cc(NC(=O)[C@H](O)c2cc(Cl)cc(Cl)c2)ccc1-n1nc(C)c2ncnc(N)c21. The molecule has 0 fully saturated rings. The third-order valence-corrected chi connectivity index (χ3v) is 5.23. The second kappa shape index (κ2) is 8.14. The first kappa shape index (κ1) is 21.0. The van der Waals surface area contributed by atoms with Gasteiger partial charge in [-0.25, -0.2) is 14.6 Å². The van der Waals surface area contributed by atoms with Crippen molar-refractivity contribution in [3.05, 3.63) is 69.6 Å². The summed E-state index contributed by atoms with van der Waals surface area (Å²) in [5, 5.41) is 18.3. The van der Waals surface area contributed by atoms with Gasteiger partial charge in [0.2, 0.25) is 0 Å². The molecule has 4 aromatic rings. The number of carbonyl (C=O) groups is 1. The number of hydrogen-bond donors (Lipinski definition) is 3. The van der Waals surface area contributed by atoms with E-state index in [0.29, 0.717) is 38.1 Å². The predicted molar refractivity (Wildman–Crippen MR) is 121 cm³/mol. The van der Waals surface area contributed by atoms with Crippen LogP contribution in [0.3, 0.4) is 0 Å². The molecule has 2 aromatic carbocycles. The molecule has 2 heterocycles. The number of amides is 1. The van der Waals surface area contributed by atoms with Crippen molar-refractivity contribution in [2.75, 3.05) is 11.1 Å². The molecule has 0 radical (unpaired) electrons. The number of hydrogen-bond acceptors (Lipinski definition) is 6. The number of aliphatic hydroxyl groups is 1. The fraction of sp³-hybridized carbons (Fsp3) is 0.143. The minimum Gasteiger partial charge on any atom is -0.382 e. The number of aromatic nitrogens is 4. The quantitative estimate of drug-likeness (QED) is 0.426. The smallest absolute Gasteiger partial charge is 0.257 e. The number of nitrogens with two attached hydrogens (primary N) is 1. The van der Waals surface area contributed by atoms with E-state index in [1.54, 1.807) is 22.9 Å². The zero-order chi connectivity index (χ0) is 22.3. The van der Waals surface area contributed by atoms with Crippen LogP contribution in [0.4, 0.5) is 11.5 Å². The Hall–Kier alpha value is -3.20. The van der Waals surface area contributed by atoms with Gasteiger partial charge < -0.3 is 16.2 Å². The van der Waals surface area contributed by atoms with Gasteiger partial charge in [0.25, 0.3) is 5.91 Å². The average Bonchev–Trinajstić information content (AvgIpc) is 3.04.